The number of nitro groups is 1. The van der Waals surface area contributed by atoms with E-state index in [1.54, 1.807) is 18.2 Å². The maximum absolute atomic E-state index is 11.0. The van der Waals surface area contributed by atoms with E-state index in [4.69, 9.17) is 0 Å². The van der Waals surface area contributed by atoms with E-state index in [1.165, 1.54) is 6.07 Å². The van der Waals surface area contributed by atoms with Gasteiger partial charge in [-0.2, -0.15) is 5.26 Å². The van der Waals surface area contributed by atoms with E-state index in [9.17, 15) is 15.4 Å². The summed E-state index contributed by atoms with van der Waals surface area (Å²) in [4.78, 5) is 17.9. The molecule has 0 saturated heterocycles. The third kappa shape index (κ3) is 2.98. The van der Waals surface area contributed by atoms with Crippen LogP contribution in [0.25, 0.3) is 22.7 Å². The van der Waals surface area contributed by atoms with Crippen molar-refractivity contribution in [1.29, 1.82) is 5.26 Å². The summed E-state index contributed by atoms with van der Waals surface area (Å²) in [6, 6.07) is 14.2. The Morgan fingerprint density at radius 1 is 1.35 bits per heavy atom. The van der Waals surface area contributed by atoms with E-state index in [0.717, 1.165) is 11.0 Å². The van der Waals surface area contributed by atoms with Crippen LogP contribution in [0.15, 0.2) is 46.9 Å². The quantitative estimate of drug-likeness (QED) is 0.423. The summed E-state index contributed by atoms with van der Waals surface area (Å²) >= 11 is 3.14. The maximum atomic E-state index is 11.0. The highest BCUT2D eigenvalue weighted by Gasteiger charge is 2.13. The third-order valence-corrected chi connectivity index (χ3v) is 3.91. The van der Waals surface area contributed by atoms with Crippen molar-refractivity contribution in [2.45, 2.75) is 0 Å². The van der Waals surface area contributed by atoms with E-state index >= 15 is 0 Å². The molecule has 2 aromatic carbocycles. The number of hydrogen-bond donors (Lipinski definition) is 1. The molecular weight excluding hydrogens is 360 g/mol. The summed E-state index contributed by atoms with van der Waals surface area (Å²) < 4.78 is 0.391. The van der Waals surface area contributed by atoms with E-state index in [2.05, 4.69) is 32.0 Å². The zero-order chi connectivity index (χ0) is 16.4. The number of aromatic amines is 1. The van der Waals surface area contributed by atoms with Gasteiger partial charge >= 0.3 is 0 Å². The second-order valence-electron chi connectivity index (χ2n) is 4.74. The van der Waals surface area contributed by atoms with Crippen LogP contribution in [0.2, 0.25) is 0 Å². The lowest BCUT2D eigenvalue weighted by Crippen LogP contribution is -1.90. The number of nitrogens with zero attached hydrogens (tertiary/aromatic N) is 3. The molecule has 3 rings (SSSR count). The van der Waals surface area contributed by atoms with Crippen LogP contribution in [0.5, 0.6) is 0 Å². The third-order valence-electron chi connectivity index (χ3n) is 3.24. The minimum absolute atomic E-state index is 0.0550. The van der Waals surface area contributed by atoms with Gasteiger partial charge in [0, 0.05) is 6.07 Å². The highest BCUT2D eigenvalue weighted by atomic mass is 79.9. The lowest BCUT2D eigenvalue weighted by molar-refractivity contribution is -0.385. The predicted octanol–water partition coefficient (Wildman–Crippen LogP) is 4.30. The van der Waals surface area contributed by atoms with Crippen LogP contribution < -0.4 is 0 Å². The van der Waals surface area contributed by atoms with Crippen LogP contribution in [0.3, 0.4) is 0 Å². The van der Waals surface area contributed by atoms with E-state index in [-0.39, 0.29) is 5.69 Å². The van der Waals surface area contributed by atoms with Crippen LogP contribution in [0.4, 0.5) is 5.69 Å². The molecule has 1 aromatic heterocycles. The van der Waals surface area contributed by atoms with Crippen molar-refractivity contribution in [2.75, 3.05) is 0 Å². The molecule has 3 aromatic rings. The molecule has 1 heterocycles. The fourth-order valence-electron chi connectivity index (χ4n) is 2.16. The number of nitrogens with one attached hydrogen (secondary N) is 1. The molecule has 0 fully saturated rings. The van der Waals surface area contributed by atoms with Crippen LogP contribution in [0.1, 0.15) is 11.4 Å². The number of allylic oxidation sites excluding steroid dienone is 1. The Hall–Kier alpha value is -2.98. The summed E-state index contributed by atoms with van der Waals surface area (Å²) in [5.41, 5.74) is 2.38. The molecule has 0 radical (unpaired) electrons. The van der Waals surface area contributed by atoms with Gasteiger partial charge in [-0.15, -0.1) is 0 Å². The molecule has 0 aliphatic heterocycles. The second-order valence-corrected chi connectivity index (χ2v) is 5.59. The summed E-state index contributed by atoms with van der Waals surface area (Å²) in [5.74, 6) is 0.430. The number of nitriles is 1. The molecule has 0 aliphatic carbocycles. The number of aromatic nitrogens is 2. The number of benzene rings is 2. The van der Waals surface area contributed by atoms with Gasteiger partial charge in [-0.05, 0) is 45.8 Å². The average molecular weight is 369 g/mol. The Morgan fingerprint density at radius 2 is 2.13 bits per heavy atom. The van der Waals surface area contributed by atoms with Gasteiger partial charge in [0.05, 0.1) is 26.0 Å². The monoisotopic (exact) mass is 368 g/mol. The van der Waals surface area contributed by atoms with Crippen LogP contribution in [0, 0.1) is 21.4 Å². The van der Waals surface area contributed by atoms with E-state index in [1.807, 2.05) is 24.3 Å². The number of imidazole rings is 1. The number of fused-ring (bicyclic) bond motifs is 1. The topological polar surface area (TPSA) is 95.6 Å². The molecule has 0 amide bonds. The van der Waals surface area contributed by atoms with Crippen molar-refractivity contribution in [2.24, 2.45) is 0 Å². The lowest BCUT2D eigenvalue weighted by atomic mass is 10.1. The first-order valence-corrected chi connectivity index (χ1v) is 7.38. The Bertz CT molecular complexity index is 952. The standard InChI is InChI=1S/C16H9BrN4O2/c17-12-6-5-10(8-15(12)21(22)23)7-11(9-18)16-19-13-3-1-2-4-14(13)20-16/h1-8H,(H,19,20). The number of nitro benzene ring substituents is 1. The van der Waals surface area contributed by atoms with Crippen molar-refractivity contribution in [3.8, 4) is 6.07 Å². The molecular formula is C16H9BrN4O2. The van der Waals surface area contributed by atoms with Gasteiger partial charge < -0.3 is 4.98 Å². The molecule has 0 atom stereocenters. The fourth-order valence-corrected chi connectivity index (χ4v) is 2.55. The number of rotatable bonds is 3. The van der Waals surface area contributed by atoms with Gasteiger partial charge in [-0.3, -0.25) is 10.1 Å². The van der Waals surface area contributed by atoms with Gasteiger partial charge in [0.2, 0.25) is 0 Å². The average Bonchev–Trinajstić information content (AvgIpc) is 2.97. The first-order chi connectivity index (χ1) is 11.1. The van der Waals surface area contributed by atoms with Crippen LogP contribution in [-0.4, -0.2) is 14.9 Å². The molecule has 0 unspecified atom stereocenters. The fraction of sp³-hybridized carbons (Fsp3) is 0. The Morgan fingerprint density at radius 3 is 2.83 bits per heavy atom. The van der Waals surface area contributed by atoms with Gasteiger partial charge in [0.15, 0.2) is 0 Å². The molecule has 0 saturated carbocycles. The van der Waals surface area contributed by atoms with E-state index < -0.39 is 4.92 Å². The Balaban J connectivity index is 2.07. The van der Waals surface area contributed by atoms with Crippen molar-refractivity contribution >= 4 is 44.3 Å². The first kappa shape index (κ1) is 14.9. The van der Waals surface area contributed by atoms with Gasteiger partial charge in [-0.25, -0.2) is 4.98 Å². The van der Waals surface area contributed by atoms with E-state index in [0.29, 0.717) is 21.4 Å². The minimum atomic E-state index is -0.478. The van der Waals surface area contributed by atoms with Crippen LogP contribution >= 0.6 is 15.9 Å². The summed E-state index contributed by atoms with van der Waals surface area (Å²) in [6.07, 6.45) is 1.57. The summed E-state index contributed by atoms with van der Waals surface area (Å²) in [6.45, 7) is 0. The van der Waals surface area contributed by atoms with Crippen molar-refractivity contribution < 1.29 is 4.92 Å². The number of H-pyrrole nitrogens is 1. The Kier molecular flexibility index (Phi) is 3.91. The first-order valence-electron chi connectivity index (χ1n) is 6.59. The maximum Gasteiger partial charge on any atom is 0.284 e. The lowest BCUT2D eigenvalue weighted by Gasteiger charge is -1.99. The van der Waals surface area contributed by atoms with Gasteiger partial charge in [0.1, 0.15) is 11.9 Å². The molecule has 112 valence electrons. The number of para-hydroxylation sites is 2. The second kappa shape index (κ2) is 6.02. The largest absolute Gasteiger partial charge is 0.337 e. The van der Waals surface area contributed by atoms with Gasteiger partial charge in [0.25, 0.3) is 5.69 Å². The number of halogens is 1. The molecule has 0 bridgehead atoms. The van der Waals surface area contributed by atoms with Crippen molar-refractivity contribution in [1.82, 2.24) is 9.97 Å². The molecule has 7 heteroatoms. The highest BCUT2D eigenvalue weighted by molar-refractivity contribution is 9.10. The molecule has 0 spiro atoms. The SMILES string of the molecule is N#CC(=Cc1ccc(Br)c([N+](=O)[O-])c1)c1nc2ccccc2[nH]1. The minimum Gasteiger partial charge on any atom is -0.337 e. The van der Waals surface area contributed by atoms with Crippen molar-refractivity contribution in [3.05, 3.63) is 68.4 Å². The van der Waals surface area contributed by atoms with Crippen molar-refractivity contribution in [3.63, 3.8) is 0 Å². The predicted molar refractivity (Wildman–Crippen MR) is 90.4 cm³/mol. The summed E-state index contributed by atoms with van der Waals surface area (Å²) in [5, 5.41) is 20.4. The molecule has 0 aliphatic rings. The smallest absolute Gasteiger partial charge is 0.284 e. The van der Waals surface area contributed by atoms with Gasteiger partial charge in [-0.1, -0.05) is 18.2 Å². The normalized spacial score (nSPS) is 11.4. The molecule has 6 nitrogen and oxygen atoms in total. The zero-order valence-corrected chi connectivity index (χ0v) is 13.2. The Labute approximate surface area is 139 Å². The summed E-state index contributed by atoms with van der Waals surface area (Å²) in [7, 11) is 0. The zero-order valence-electron chi connectivity index (χ0n) is 11.7. The number of hydrogen-bond acceptors (Lipinski definition) is 4. The highest BCUT2D eigenvalue weighted by Crippen LogP contribution is 2.27. The molecule has 1 N–H and O–H groups in total. The van der Waals surface area contributed by atoms with Crippen LogP contribution in [-0.2, 0) is 0 Å². The molecule has 23 heavy (non-hydrogen) atoms.